The van der Waals surface area contributed by atoms with Gasteiger partial charge in [-0.2, -0.15) is 0 Å². The number of piperidine rings is 1. The van der Waals surface area contributed by atoms with Crippen molar-refractivity contribution in [2.45, 2.75) is 31.7 Å². The van der Waals surface area contributed by atoms with Crippen LogP contribution in [0.15, 0.2) is 42.5 Å². The van der Waals surface area contributed by atoms with Crippen molar-refractivity contribution in [3.8, 4) is 11.1 Å². The van der Waals surface area contributed by atoms with Crippen molar-refractivity contribution in [1.29, 1.82) is 0 Å². The third kappa shape index (κ3) is 4.61. The zero-order valence-electron chi connectivity index (χ0n) is 16.9. The van der Waals surface area contributed by atoms with Crippen molar-refractivity contribution in [3.63, 3.8) is 0 Å². The number of carbonyl (C=O) groups is 2. The van der Waals surface area contributed by atoms with Gasteiger partial charge < -0.3 is 15.1 Å². The van der Waals surface area contributed by atoms with Crippen LogP contribution in [0.3, 0.4) is 0 Å². The van der Waals surface area contributed by atoms with Crippen molar-refractivity contribution >= 4 is 17.6 Å². The topological polar surface area (TPSA) is 52.7 Å². The number of benzene rings is 2. The normalized spacial score (nSPS) is 17.0. The number of hydrogen-bond acceptors (Lipinski definition) is 2. The molecule has 1 saturated heterocycles. The number of halogens is 2. The Morgan fingerprint density at radius 2 is 1.53 bits per heavy atom. The highest BCUT2D eigenvalue weighted by Crippen LogP contribution is 2.32. The van der Waals surface area contributed by atoms with Gasteiger partial charge in [0, 0.05) is 43.9 Å². The Labute approximate surface area is 174 Å². The molecule has 158 valence electrons. The molecule has 0 unspecified atom stereocenters. The standard InChI is InChI=1S/C23H25F2N3O2/c1-27(21-8-10-28(11-9-21)22(29)16-2-3-16)23(30)26-20-6-4-15(5-7-20)17-12-18(24)14-19(25)13-17/h4-7,12-14,16,21H,2-3,8-11H2,1H3,(H,26,30). The van der Waals surface area contributed by atoms with Crippen LogP contribution in [-0.4, -0.2) is 47.9 Å². The second-order valence-electron chi connectivity index (χ2n) is 8.11. The highest BCUT2D eigenvalue weighted by atomic mass is 19.1. The van der Waals surface area contributed by atoms with Crippen LogP contribution in [0, 0.1) is 17.6 Å². The number of urea groups is 1. The maximum Gasteiger partial charge on any atom is 0.321 e. The van der Waals surface area contributed by atoms with Crippen LogP contribution in [0.25, 0.3) is 11.1 Å². The summed E-state index contributed by atoms with van der Waals surface area (Å²) in [5.41, 5.74) is 1.70. The van der Waals surface area contributed by atoms with Gasteiger partial charge in [0.1, 0.15) is 11.6 Å². The number of amides is 3. The predicted octanol–water partition coefficient (Wildman–Crippen LogP) is 4.50. The Bertz CT molecular complexity index is 916. The van der Waals surface area contributed by atoms with Gasteiger partial charge in [-0.15, -0.1) is 0 Å². The molecule has 7 heteroatoms. The molecule has 0 atom stereocenters. The van der Waals surface area contributed by atoms with Crippen LogP contribution >= 0.6 is 0 Å². The van der Waals surface area contributed by atoms with Crippen LogP contribution < -0.4 is 5.32 Å². The first-order valence-electron chi connectivity index (χ1n) is 10.3. The number of nitrogens with zero attached hydrogens (tertiary/aromatic N) is 2. The van der Waals surface area contributed by atoms with E-state index < -0.39 is 11.6 Å². The monoisotopic (exact) mass is 413 g/mol. The lowest BCUT2D eigenvalue weighted by molar-refractivity contribution is -0.133. The van der Waals surface area contributed by atoms with Crippen LogP contribution in [0.2, 0.25) is 0 Å². The van der Waals surface area contributed by atoms with E-state index >= 15 is 0 Å². The largest absolute Gasteiger partial charge is 0.342 e. The first kappa shape index (κ1) is 20.3. The maximum atomic E-state index is 13.4. The summed E-state index contributed by atoms with van der Waals surface area (Å²) in [6, 6.07) is 10.1. The molecular weight excluding hydrogens is 388 g/mol. The van der Waals surface area contributed by atoms with E-state index in [4.69, 9.17) is 0 Å². The van der Waals surface area contributed by atoms with Crippen molar-refractivity contribution in [2.24, 2.45) is 5.92 Å². The summed E-state index contributed by atoms with van der Waals surface area (Å²) in [5.74, 6) is -0.768. The van der Waals surface area contributed by atoms with E-state index in [-0.39, 0.29) is 23.9 Å². The van der Waals surface area contributed by atoms with Crippen LogP contribution in [-0.2, 0) is 4.79 Å². The van der Waals surface area contributed by atoms with Crippen LogP contribution in [0.1, 0.15) is 25.7 Å². The molecule has 1 aliphatic carbocycles. The van der Waals surface area contributed by atoms with E-state index in [1.807, 2.05) is 4.90 Å². The fraction of sp³-hybridized carbons (Fsp3) is 0.391. The van der Waals surface area contributed by atoms with Gasteiger partial charge in [-0.3, -0.25) is 4.79 Å². The van der Waals surface area contributed by atoms with Crippen molar-refractivity contribution in [3.05, 3.63) is 54.1 Å². The molecule has 0 aromatic heterocycles. The molecule has 2 aliphatic rings. The molecule has 1 heterocycles. The van der Waals surface area contributed by atoms with Crippen molar-refractivity contribution < 1.29 is 18.4 Å². The smallest absolute Gasteiger partial charge is 0.321 e. The molecule has 1 saturated carbocycles. The third-order valence-electron chi connectivity index (χ3n) is 5.90. The summed E-state index contributed by atoms with van der Waals surface area (Å²) >= 11 is 0. The molecule has 1 N–H and O–H groups in total. The first-order valence-corrected chi connectivity index (χ1v) is 10.3. The minimum atomic E-state index is -0.631. The number of likely N-dealkylation sites (tertiary alicyclic amines) is 1. The maximum absolute atomic E-state index is 13.4. The van der Waals surface area contributed by atoms with Gasteiger partial charge in [-0.05, 0) is 61.1 Å². The Balaban J connectivity index is 1.32. The molecule has 3 amide bonds. The average Bonchev–Trinajstić information content (AvgIpc) is 3.58. The van der Waals surface area contributed by atoms with Gasteiger partial charge in [0.2, 0.25) is 5.91 Å². The van der Waals surface area contributed by atoms with Gasteiger partial charge in [-0.25, -0.2) is 13.6 Å². The van der Waals surface area contributed by atoms with E-state index in [1.54, 1.807) is 36.2 Å². The van der Waals surface area contributed by atoms with Crippen molar-refractivity contribution in [2.75, 3.05) is 25.5 Å². The zero-order chi connectivity index (χ0) is 21.3. The Kier molecular flexibility index (Phi) is 5.70. The van der Waals surface area contributed by atoms with Gasteiger partial charge in [0.05, 0.1) is 0 Å². The van der Waals surface area contributed by atoms with E-state index in [1.165, 1.54) is 12.1 Å². The Morgan fingerprint density at radius 3 is 2.10 bits per heavy atom. The highest BCUT2D eigenvalue weighted by Gasteiger charge is 2.35. The number of carbonyl (C=O) groups excluding carboxylic acids is 2. The molecule has 0 spiro atoms. The summed E-state index contributed by atoms with van der Waals surface area (Å²) in [4.78, 5) is 28.4. The number of nitrogens with one attached hydrogen (secondary N) is 1. The van der Waals surface area contributed by atoms with Gasteiger partial charge >= 0.3 is 6.03 Å². The minimum absolute atomic E-state index is 0.0859. The first-order chi connectivity index (χ1) is 14.4. The molecule has 2 aromatic rings. The van der Waals surface area contributed by atoms with Gasteiger partial charge in [0.15, 0.2) is 0 Å². The quantitative estimate of drug-likeness (QED) is 0.803. The Morgan fingerprint density at radius 1 is 0.933 bits per heavy atom. The lowest BCUT2D eigenvalue weighted by Crippen LogP contribution is -2.48. The molecule has 4 rings (SSSR count). The summed E-state index contributed by atoms with van der Waals surface area (Å²) in [7, 11) is 1.77. The summed E-state index contributed by atoms with van der Waals surface area (Å²) in [6.45, 7) is 1.38. The van der Waals surface area contributed by atoms with E-state index in [0.29, 0.717) is 29.9 Å². The lowest BCUT2D eigenvalue weighted by atomic mass is 10.0. The molecule has 2 fully saturated rings. The fourth-order valence-corrected chi connectivity index (χ4v) is 3.91. The molecule has 5 nitrogen and oxygen atoms in total. The number of hydrogen-bond donors (Lipinski definition) is 1. The highest BCUT2D eigenvalue weighted by molar-refractivity contribution is 5.89. The van der Waals surface area contributed by atoms with E-state index in [0.717, 1.165) is 31.7 Å². The third-order valence-corrected chi connectivity index (χ3v) is 5.90. The fourth-order valence-electron chi connectivity index (χ4n) is 3.91. The summed E-state index contributed by atoms with van der Waals surface area (Å²) < 4.78 is 26.8. The molecule has 0 radical (unpaired) electrons. The molecular formula is C23H25F2N3O2. The van der Waals surface area contributed by atoms with Crippen molar-refractivity contribution in [1.82, 2.24) is 9.80 Å². The second-order valence-corrected chi connectivity index (χ2v) is 8.11. The van der Waals surface area contributed by atoms with Crippen LogP contribution in [0.5, 0.6) is 0 Å². The predicted molar refractivity (Wildman–Crippen MR) is 111 cm³/mol. The van der Waals surface area contributed by atoms with Crippen LogP contribution in [0.4, 0.5) is 19.3 Å². The zero-order valence-corrected chi connectivity index (χ0v) is 16.9. The summed E-state index contributed by atoms with van der Waals surface area (Å²) in [5, 5.41) is 2.86. The molecule has 2 aromatic carbocycles. The molecule has 1 aliphatic heterocycles. The average molecular weight is 413 g/mol. The lowest BCUT2D eigenvalue weighted by Gasteiger charge is -2.36. The molecule has 30 heavy (non-hydrogen) atoms. The van der Waals surface area contributed by atoms with Gasteiger partial charge in [0.25, 0.3) is 0 Å². The number of rotatable bonds is 4. The minimum Gasteiger partial charge on any atom is -0.342 e. The summed E-state index contributed by atoms with van der Waals surface area (Å²) in [6.07, 6.45) is 3.56. The SMILES string of the molecule is CN(C(=O)Nc1ccc(-c2cc(F)cc(F)c2)cc1)C1CCN(C(=O)C2CC2)CC1. The van der Waals surface area contributed by atoms with E-state index in [2.05, 4.69) is 5.32 Å². The Hall–Kier alpha value is -2.96. The van der Waals surface area contributed by atoms with Gasteiger partial charge in [-0.1, -0.05) is 12.1 Å². The van der Waals surface area contributed by atoms with E-state index in [9.17, 15) is 18.4 Å². The number of anilines is 1. The second kappa shape index (κ2) is 8.42. The molecule has 0 bridgehead atoms.